The van der Waals surface area contributed by atoms with E-state index >= 15 is 0 Å². The number of benzene rings is 1. The fourth-order valence-corrected chi connectivity index (χ4v) is 2.02. The van der Waals surface area contributed by atoms with Crippen LogP contribution in [0.5, 0.6) is 0 Å². The average molecular weight is 359 g/mol. The van der Waals surface area contributed by atoms with Crippen molar-refractivity contribution < 1.29 is 19.2 Å². The maximum absolute atomic E-state index is 11.8. The smallest absolute Gasteiger partial charge is 0.339 e. The summed E-state index contributed by atoms with van der Waals surface area (Å²) in [6.07, 6.45) is -0.462. The van der Waals surface area contributed by atoms with Gasteiger partial charge in [0.1, 0.15) is 12.2 Å². The van der Waals surface area contributed by atoms with Crippen LogP contribution in [0.15, 0.2) is 6.07 Å². The zero-order chi connectivity index (χ0) is 15.4. The molecule has 0 bridgehead atoms. The summed E-state index contributed by atoms with van der Waals surface area (Å²) in [4.78, 5) is 37.9. The number of ketones is 1. The Balaban J connectivity index is 2.84. The van der Waals surface area contributed by atoms with Gasteiger partial charge >= 0.3 is 5.97 Å². The lowest BCUT2D eigenvalue weighted by Crippen LogP contribution is -2.28. The molecule has 1 rings (SSSR count). The molecule has 0 unspecified atom stereocenters. The minimum atomic E-state index is -0.909. The van der Waals surface area contributed by atoms with Crippen molar-refractivity contribution in [2.45, 2.75) is 13.3 Å². The summed E-state index contributed by atoms with van der Waals surface area (Å²) >= 11 is 23.1. The van der Waals surface area contributed by atoms with E-state index < -0.39 is 24.1 Å². The van der Waals surface area contributed by atoms with Crippen molar-refractivity contribution in [2.24, 2.45) is 0 Å². The Morgan fingerprint density at radius 1 is 1.10 bits per heavy atom. The molecule has 0 aliphatic rings. The molecule has 0 heterocycles. The van der Waals surface area contributed by atoms with E-state index in [0.717, 1.165) is 0 Å². The molecule has 1 amide bonds. The first-order valence-electron chi connectivity index (χ1n) is 5.06. The minimum Gasteiger partial charge on any atom is -0.340 e. The summed E-state index contributed by atoms with van der Waals surface area (Å²) in [5.41, 5.74) is 1.71. The van der Waals surface area contributed by atoms with Gasteiger partial charge in [-0.3, -0.25) is 9.59 Å². The van der Waals surface area contributed by atoms with E-state index in [9.17, 15) is 14.4 Å². The van der Waals surface area contributed by atoms with Crippen molar-refractivity contribution >= 4 is 64.1 Å². The number of carbonyl (C=O) groups excluding carboxylic acids is 3. The Labute approximate surface area is 134 Å². The van der Waals surface area contributed by atoms with E-state index in [1.54, 1.807) is 0 Å². The summed E-state index contributed by atoms with van der Waals surface area (Å²) < 4.78 is 0. The molecule has 0 saturated heterocycles. The predicted molar refractivity (Wildman–Crippen MR) is 75.3 cm³/mol. The van der Waals surface area contributed by atoms with Crippen LogP contribution < -0.4 is 5.48 Å². The molecule has 0 aromatic heterocycles. The van der Waals surface area contributed by atoms with E-state index in [0.29, 0.717) is 0 Å². The van der Waals surface area contributed by atoms with Crippen molar-refractivity contribution in [3.05, 3.63) is 31.7 Å². The third-order valence-electron chi connectivity index (χ3n) is 2.00. The SMILES string of the molecule is CC(=O)CC(=O)ONC(=O)c1cc(Cl)c(Cl)c(Cl)c1Cl. The highest BCUT2D eigenvalue weighted by atomic mass is 35.5. The van der Waals surface area contributed by atoms with E-state index in [1.807, 2.05) is 5.48 Å². The van der Waals surface area contributed by atoms with Crippen molar-refractivity contribution in [2.75, 3.05) is 0 Å². The third-order valence-corrected chi connectivity index (χ3v) is 3.75. The first-order chi connectivity index (χ1) is 9.23. The first kappa shape index (κ1) is 17.0. The fourth-order valence-electron chi connectivity index (χ4n) is 1.14. The zero-order valence-electron chi connectivity index (χ0n) is 9.93. The molecule has 0 radical (unpaired) electrons. The molecule has 20 heavy (non-hydrogen) atoms. The van der Waals surface area contributed by atoms with Gasteiger partial charge < -0.3 is 4.84 Å². The average Bonchev–Trinajstić information content (AvgIpc) is 2.37. The highest BCUT2D eigenvalue weighted by Crippen LogP contribution is 2.38. The molecule has 108 valence electrons. The van der Waals surface area contributed by atoms with Crippen molar-refractivity contribution in [1.29, 1.82) is 0 Å². The number of nitrogens with one attached hydrogen (secondary N) is 1. The van der Waals surface area contributed by atoms with Crippen molar-refractivity contribution in [1.82, 2.24) is 5.48 Å². The largest absolute Gasteiger partial charge is 0.340 e. The van der Waals surface area contributed by atoms with Crippen LogP contribution in [0.2, 0.25) is 20.1 Å². The maximum Gasteiger partial charge on any atom is 0.339 e. The molecule has 5 nitrogen and oxygen atoms in total. The number of amides is 1. The topological polar surface area (TPSA) is 72.5 Å². The Morgan fingerprint density at radius 2 is 1.70 bits per heavy atom. The number of hydrogen-bond acceptors (Lipinski definition) is 4. The van der Waals surface area contributed by atoms with Gasteiger partial charge in [-0.1, -0.05) is 46.4 Å². The van der Waals surface area contributed by atoms with Gasteiger partial charge in [-0.05, 0) is 13.0 Å². The van der Waals surface area contributed by atoms with Gasteiger partial charge in [0, 0.05) is 0 Å². The number of halogens is 4. The fraction of sp³-hybridized carbons (Fsp3) is 0.182. The summed E-state index contributed by atoms with van der Waals surface area (Å²) in [5.74, 6) is -2.17. The van der Waals surface area contributed by atoms with Gasteiger partial charge in [-0.15, -0.1) is 0 Å². The normalized spacial score (nSPS) is 10.1. The molecule has 0 spiro atoms. The molecule has 1 N–H and O–H groups in total. The Morgan fingerprint density at radius 3 is 2.25 bits per heavy atom. The highest BCUT2D eigenvalue weighted by molar-refractivity contribution is 6.52. The third kappa shape index (κ3) is 4.24. The lowest BCUT2D eigenvalue weighted by atomic mass is 10.2. The van der Waals surface area contributed by atoms with Gasteiger partial charge in [0.05, 0.1) is 25.7 Å². The van der Waals surface area contributed by atoms with Crippen LogP contribution in [0, 0.1) is 0 Å². The number of carbonyl (C=O) groups is 3. The second kappa shape index (κ2) is 7.13. The highest BCUT2D eigenvalue weighted by Gasteiger charge is 2.19. The Kier molecular flexibility index (Phi) is 6.07. The monoisotopic (exact) mass is 357 g/mol. The number of hydroxylamine groups is 1. The molecular weight excluding hydrogens is 352 g/mol. The molecule has 0 aliphatic heterocycles. The first-order valence-corrected chi connectivity index (χ1v) is 6.57. The van der Waals surface area contributed by atoms with Crippen molar-refractivity contribution in [3.8, 4) is 0 Å². The summed E-state index contributed by atoms with van der Waals surface area (Å²) in [6.45, 7) is 1.21. The number of hydrogen-bond donors (Lipinski definition) is 1. The Bertz CT molecular complexity index is 588. The van der Waals surface area contributed by atoms with Crippen LogP contribution in [-0.4, -0.2) is 17.7 Å². The lowest BCUT2D eigenvalue weighted by molar-refractivity contribution is -0.150. The van der Waals surface area contributed by atoms with E-state index in [-0.39, 0.29) is 25.7 Å². The van der Waals surface area contributed by atoms with Gasteiger partial charge in [0.2, 0.25) is 0 Å². The molecule has 0 saturated carbocycles. The van der Waals surface area contributed by atoms with Crippen LogP contribution in [0.1, 0.15) is 23.7 Å². The van der Waals surface area contributed by atoms with E-state index in [2.05, 4.69) is 4.84 Å². The van der Waals surface area contributed by atoms with Crippen LogP contribution in [-0.2, 0) is 14.4 Å². The second-order valence-electron chi connectivity index (χ2n) is 3.63. The lowest BCUT2D eigenvalue weighted by Gasteiger charge is -2.09. The van der Waals surface area contributed by atoms with Gasteiger partial charge in [-0.2, -0.15) is 5.48 Å². The molecule has 0 aliphatic carbocycles. The quantitative estimate of drug-likeness (QED) is 0.388. The summed E-state index contributed by atoms with van der Waals surface area (Å²) in [6, 6.07) is 1.17. The van der Waals surface area contributed by atoms with Gasteiger partial charge in [-0.25, -0.2) is 4.79 Å². The van der Waals surface area contributed by atoms with Crippen LogP contribution >= 0.6 is 46.4 Å². The predicted octanol–water partition coefficient (Wildman–Crippen LogP) is 3.47. The molecule has 1 aromatic carbocycles. The molecular formula is C11H7Cl4NO4. The van der Waals surface area contributed by atoms with Crippen LogP contribution in [0.4, 0.5) is 0 Å². The van der Waals surface area contributed by atoms with Gasteiger partial charge in [0.15, 0.2) is 0 Å². The molecule has 1 aromatic rings. The molecule has 0 atom stereocenters. The number of Topliss-reactive ketones (excluding diaryl/α,β-unsaturated/α-hetero) is 1. The van der Waals surface area contributed by atoms with Crippen molar-refractivity contribution in [3.63, 3.8) is 0 Å². The second-order valence-corrected chi connectivity index (χ2v) is 5.17. The van der Waals surface area contributed by atoms with Crippen LogP contribution in [0.3, 0.4) is 0 Å². The maximum atomic E-state index is 11.8. The number of rotatable bonds is 3. The minimum absolute atomic E-state index is 0.00320. The van der Waals surface area contributed by atoms with Gasteiger partial charge in [0.25, 0.3) is 5.91 Å². The summed E-state index contributed by atoms with van der Waals surface area (Å²) in [5, 5.41) is -0.216. The van der Waals surface area contributed by atoms with Crippen LogP contribution in [0.25, 0.3) is 0 Å². The zero-order valence-corrected chi connectivity index (χ0v) is 13.0. The standard InChI is InChI=1S/C11H7Cl4NO4/c1-4(17)2-7(18)20-16-11(19)5-3-6(12)9(14)10(15)8(5)13/h3H,2H2,1H3,(H,16,19). The Hall–Kier alpha value is -1.01. The molecule has 0 fully saturated rings. The summed E-state index contributed by atoms with van der Waals surface area (Å²) in [7, 11) is 0. The molecule has 9 heteroatoms. The van der Waals surface area contributed by atoms with E-state index in [4.69, 9.17) is 46.4 Å². The van der Waals surface area contributed by atoms with E-state index in [1.165, 1.54) is 13.0 Å².